The monoisotopic (exact) mass is 205 g/mol. The second kappa shape index (κ2) is 9.40. The number of hydrogen-bond acceptors (Lipinski definition) is 4. The first-order valence-electron chi connectivity index (χ1n) is 5.37. The zero-order chi connectivity index (χ0) is 10.8. The molecule has 14 heavy (non-hydrogen) atoms. The average molecular weight is 205 g/mol. The van der Waals surface area contributed by atoms with E-state index in [-0.39, 0.29) is 18.9 Å². The van der Waals surface area contributed by atoms with Crippen LogP contribution < -0.4 is 5.32 Å². The van der Waals surface area contributed by atoms with E-state index in [2.05, 4.69) is 12.2 Å². The highest BCUT2D eigenvalue weighted by Gasteiger charge is 2.19. The third kappa shape index (κ3) is 5.54. The van der Waals surface area contributed by atoms with Crippen molar-refractivity contribution in [1.82, 2.24) is 5.32 Å². The maximum atomic E-state index is 8.71. The average Bonchev–Trinajstić information content (AvgIpc) is 2.19. The van der Waals surface area contributed by atoms with Gasteiger partial charge in [0.25, 0.3) is 0 Å². The molecule has 0 aromatic heterocycles. The van der Waals surface area contributed by atoms with E-state index < -0.39 is 0 Å². The molecule has 86 valence electrons. The molecule has 0 bridgehead atoms. The number of nitrogens with one attached hydrogen (secondary N) is 1. The molecule has 0 radical (unpaired) electrons. The predicted octanol–water partition coefficient (Wildman–Crippen LogP) is 0.746. The first kappa shape index (κ1) is 13.8. The van der Waals surface area contributed by atoms with Gasteiger partial charge in [0, 0.05) is 19.8 Å². The summed E-state index contributed by atoms with van der Waals surface area (Å²) in [4.78, 5) is 0. The topological polar surface area (TPSA) is 50.7 Å². The molecule has 4 nitrogen and oxygen atoms in total. The number of hydrogen-bond donors (Lipinski definition) is 2. The van der Waals surface area contributed by atoms with E-state index in [1.165, 1.54) is 0 Å². The lowest BCUT2D eigenvalue weighted by molar-refractivity contribution is -0.154. The van der Waals surface area contributed by atoms with E-state index in [4.69, 9.17) is 14.6 Å². The highest BCUT2D eigenvalue weighted by molar-refractivity contribution is 4.68. The molecule has 0 aliphatic heterocycles. The fourth-order valence-electron chi connectivity index (χ4n) is 1.29. The van der Waals surface area contributed by atoms with E-state index in [1.54, 1.807) is 0 Å². The lowest BCUT2D eigenvalue weighted by Crippen LogP contribution is -2.43. The van der Waals surface area contributed by atoms with Crippen LogP contribution in [0.1, 0.15) is 27.2 Å². The van der Waals surface area contributed by atoms with Crippen LogP contribution in [0.15, 0.2) is 0 Å². The van der Waals surface area contributed by atoms with Crippen LogP contribution in [0.25, 0.3) is 0 Å². The lowest BCUT2D eigenvalue weighted by Gasteiger charge is -2.26. The Balaban J connectivity index is 3.96. The molecule has 0 rings (SSSR count). The molecule has 0 aliphatic carbocycles. The minimum absolute atomic E-state index is 0.140. The quantitative estimate of drug-likeness (QED) is 0.545. The Morgan fingerprint density at radius 3 is 2.07 bits per heavy atom. The van der Waals surface area contributed by atoms with Gasteiger partial charge < -0.3 is 19.9 Å². The highest BCUT2D eigenvalue weighted by atomic mass is 16.7. The number of aliphatic hydroxyl groups is 1. The third-order valence-corrected chi connectivity index (χ3v) is 1.95. The van der Waals surface area contributed by atoms with Gasteiger partial charge >= 0.3 is 0 Å². The summed E-state index contributed by atoms with van der Waals surface area (Å²) in [5.41, 5.74) is 0. The standard InChI is InChI=1S/C10H23NO3/c1-4-9(11-7-8-12)10(13-5-2)14-6-3/h9-12H,4-8H2,1-3H3. The zero-order valence-electron chi connectivity index (χ0n) is 9.45. The summed E-state index contributed by atoms with van der Waals surface area (Å²) >= 11 is 0. The van der Waals surface area contributed by atoms with Crippen LogP contribution in [0.5, 0.6) is 0 Å². The van der Waals surface area contributed by atoms with Crippen molar-refractivity contribution in [2.45, 2.75) is 39.5 Å². The molecule has 0 saturated carbocycles. The third-order valence-electron chi connectivity index (χ3n) is 1.95. The maximum absolute atomic E-state index is 8.71. The van der Waals surface area contributed by atoms with Gasteiger partial charge in [-0.3, -0.25) is 0 Å². The largest absolute Gasteiger partial charge is 0.395 e. The smallest absolute Gasteiger partial charge is 0.172 e. The van der Waals surface area contributed by atoms with Crippen molar-refractivity contribution in [2.75, 3.05) is 26.4 Å². The van der Waals surface area contributed by atoms with Crippen LogP contribution in [0.2, 0.25) is 0 Å². The second-order valence-corrected chi connectivity index (χ2v) is 2.97. The van der Waals surface area contributed by atoms with Gasteiger partial charge in [0.15, 0.2) is 6.29 Å². The van der Waals surface area contributed by atoms with Gasteiger partial charge in [-0.25, -0.2) is 0 Å². The van der Waals surface area contributed by atoms with Crippen LogP contribution in [-0.2, 0) is 9.47 Å². The van der Waals surface area contributed by atoms with Gasteiger partial charge in [0.1, 0.15) is 0 Å². The summed E-state index contributed by atoms with van der Waals surface area (Å²) in [6.45, 7) is 7.97. The minimum atomic E-state index is -0.207. The fourth-order valence-corrected chi connectivity index (χ4v) is 1.29. The molecule has 0 aromatic rings. The summed E-state index contributed by atoms with van der Waals surface area (Å²) in [6, 6.07) is 0.155. The molecule has 0 fully saturated rings. The molecule has 2 N–H and O–H groups in total. The molecule has 0 saturated heterocycles. The first-order chi connectivity index (χ1) is 6.79. The number of ether oxygens (including phenoxy) is 2. The molecule has 1 atom stereocenters. The molecule has 0 amide bonds. The Bertz CT molecular complexity index is 116. The van der Waals surface area contributed by atoms with Crippen molar-refractivity contribution in [3.05, 3.63) is 0 Å². The van der Waals surface area contributed by atoms with Crippen molar-refractivity contribution in [3.8, 4) is 0 Å². The van der Waals surface area contributed by atoms with Crippen molar-refractivity contribution >= 4 is 0 Å². The van der Waals surface area contributed by atoms with Gasteiger partial charge in [0.05, 0.1) is 12.6 Å². The molecular formula is C10H23NO3. The van der Waals surface area contributed by atoms with Gasteiger partial charge in [-0.1, -0.05) is 6.92 Å². The number of rotatable bonds is 9. The molecular weight excluding hydrogens is 182 g/mol. The Labute approximate surface area is 86.6 Å². The normalized spacial score (nSPS) is 13.5. The maximum Gasteiger partial charge on any atom is 0.172 e. The van der Waals surface area contributed by atoms with Crippen LogP contribution in [-0.4, -0.2) is 43.8 Å². The van der Waals surface area contributed by atoms with Crippen LogP contribution in [0, 0.1) is 0 Å². The van der Waals surface area contributed by atoms with Crippen molar-refractivity contribution in [2.24, 2.45) is 0 Å². The molecule has 0 aliphatic rings. The molecule has 1 unspecified atom stereocenters. The lowest BCUT2D eigenvalue weighted by atomic mass is 10.2. The highest BCUT2D eigenvalue weighted by Crippen LogP contribution is 2.05. The Kier molecular flexibility index (Phi) is 9.29. The predicted molar refractivity (Wildman–Crippen MR) is 56.2 cm³/mol. The molecule has 0 spiro atoms. The van der Waals surface area contributed by atoms with Gasteiger partial charge in [-0.2, -0.15) is 0 Å². The summed E-state index contributed by atoms with van der Waals surface area (Å²) in [5, 5.41) is 11.9. The van der Waals surface area contributed by atoms with E-state index in [9.17, 15) is 0 Å². The summed E-state index contributed by atoms with van der Waals surface area (Å²) in [6.07, 6.45) is 0.714. The summed E-state index contributed by atoms with van der Waals surface area (Å²) in [5.74, 6) is 0. The molecule has 0 aromatic carbocycles. The van der Waals surface area contributed by atoms with E-state index >= 15 is 0 Å². The van der Waals surface area contributed by atoms with Crippen molar-refractivity contribution in [1.29, 1.82) is 0 Å². The molecule has 0 heterocycles. The summed E-state index contributed by atoms with van der Waals surface area (Å²) < 4.78 is 10.9. The van der Waals surface area contributed by atoms with E-state index in [1.807, 2.05) is 13.8 Å². The minimum Gasteiger partial charge on any atom is -0.395 e. The Hall–Kier alpha value is -0.160. The summed E-state index contributed by atoms with van der Waals surface area (Å²) in [7, 11) is 0. The van der Waals surface area contributed by atoms with Gasteiger partial charge in [-0.05, 0) is 20.3 Å². The van der Waals surface area contributed by atoms with Crippen LogP contribution in [0.4, 0.5) is 0 Å². The second-order valence-electron chi connectivity index (χ2n) is 2.97. The first-order valence-corrected chi connectivity index (χ1v) is 5.37. The zero-order valence-corrected chi connectivity index (χ0v) is 9.45. The van der Waals surface area contributed by atoms with Gasteiger partial charge in [0.2, 0.25) is 0 Å². The van der Waals surface area contributed by atoms with Crippen LogP contribution >= 0.6 is 0 Å². The SMILES string of the molecule is CCOC(OCC)C(CC)NCCO. The fraction of sp³-hybridized carbons (Fsp3) is 1.00. The number of aliphatic hydroxyl groups excluding tert-OH is 1. The van der Waals surface area contributed by atoms with E-state index in [0.717, 1.165) is 6.42 Å². The Morgan fingerprint density at radius 2 is 1.71 bits per heavy atom. The van der Waals surface area contributed by atoms with Crippen molar-refractivity contribution in [3.63, 3.8) is 0 Å². The van der Waals surface area contributed by atoms with Crippen LogP contribution in [0.3, 0.4) is 0 Å². The molecule has 4 heteroatoms. The Morgan fingerprint density at radius 1 is 1.14 bits per heavy atom. The van der Waals surface area contributed by atoms with E-state index in [0.29, 0.717) is 19.8 Å². The van der Waals surface area contributed by atoms with Gasteiger partial charge in [-0.15, -0.1) is 0 Å². The van der Waals surface area contributed by atoms with Crippen molar-refractivity contribution < 1.29 is 14.6 Å².